The van der Waals surface area contributed by atoms with Gasteiger partial charge in [0, 0.05) is 36.9 Å². The predicted octanol–water partition coefficient (Wildman–Crippen LogP) is 2.49. The van der Waals surface area contributed by atoms with Crippen LogP contribution in [0.15, 0.2) is 18.2 Å². The topological polar surface area (TPSA) is 49.8 Å². The minimum atomic E-state index is 0.0559. The Hall–Kier alpha value is -1.39. The number of carbonyl (C=O) groups is 1. The quantitative estimate of drug-likeness (QED) is 0.743. The van der Waals surface area contributed by atoms with Crippen LogP contribution in [0.3, 0.4) is 0 Å². The van der Waals surface area contributed by atoms with E-state index in [1.807, 2.05) is 12.1 Å². The van der Waals surface area contributed by atoms with Gasteiger partial charge in [0.2, 0.25) is 0 Å². The number of aliphatic hydroxyl groups excluding tert-OH is 1. The Bertz CT molecular complexity index is 443. The fourth-order valence-electron chi connectivity index (χ4n) is 2.13. The molecule has 1 rings (SSSR count). The van der Waals surface area contributed by atoms with E-state index in [2.05, 4.69) is 18.7 Å². The van der Waals surface area contributed by atoms with Crippen molar-refractivity contribution in [2.45, 2.75) is 39.8 Å². The van der Waals surface area contributed by atoms with Crippen molar-refractivity contribution in [2.75, 3.05) is 20.3 Å². The molecule has 0 saturated heterocycles. The number of rotatable bonds is 8. The number of benzene rings is 1. The third-order valence-electron chi connectivity index (χ3n) is 3.39. The van der Waals surface area contributed by atoms with Gasteiger partial charge in [-0.1, -0.05) is 0 Å². The molecule has 1 aromatic rings. The maximum Gasteiger partial charge on any atom is 0.159 e. The molecule has 0 fully saturated rings. The molecule has 0 unspecified atom stereocenters. The third-order valence-corrected chi connectivity index (χ3v) is 3.39. The first-order valence-electron chi connectivity index (χ1n) is 7.02. The van der Waals surface area contributed by atoms with E-state index in [4.69, 9.17) is 9.84 Å². The zero-order valence-electron chi connectivity index (χ0n) is 12.8. The van der Waals surface area contributed by atoms with E-state index in [1.54, 1.807) is 20.1 Å². The first kappa shape index (κ1) is 16.7. The van der Waals surface area contributed by atoms with Crippen molar-refractivity contribution in [3.8, 4) is 5.75 Å². The molecule has 0 aliphatic rings. The van der Waals surface area contributed by atoms with Crippen molar-refractivity contribution in [3.05, 3.63) is 29.3 Å². The molecule has 1 aromatic carbocycles. The third kappa shape index (κ3) is 4.62. The van der Waals surface area contributed by atoms with Gasteiger partial charge in [-0.2, -0.15) is 0 Å². The summed E-state index contributed by atoms with van der Waals surface area (Å²) in [5.41, 5.74) is 1.71. The second-order valence-electron chi connectivity index (χ2n) is 5.22. The number of hydrogen-bond donors (Lipinski definition) is 1. The van der Waals surface area contributed by atoms with E-state index < -0.39 is 0 Å². The summed E-state index contributed by atoms with van der Waals surface area (Å²) in [4.78, 5) is 13.8. The first-order chi connectivity index (χ1) is 9.49. The highest BCUT2D eigenvalue weighted by atomic mass is 16.5. The van der Waals surface area contributed by atoms with Crippen LogP contribution < -0.4 is 4.74 Å². The van der Waals surface area contributed by atoms with Gasteiger partial charge in [0.25, 0.3) is 0 Å². The SMILES string of the molecule is COc1ccc(C(C)=O)cc1CN(CCCO)C(C)C. The van der Waals surface area contributed by atoms with E-state index in [-0.39, 0.29) is 12.4 Å². The Morgan fingerprint density at radius 3 is 2.60 bits per heavy atom. The van der Waals surface area contributed by atoms with Gasteiger partial charge in [-0.25, -0.2) is 0 Å². The van der Waals surface area contributed by atoms with E-state index in [0.29, 0.717) is 18.2 Å². The number of aliphatic hydroxyl groups is 1. The summed E-state index contributed by atoms with van der Waals surface area (Å²) in [6, 6.07) is 5.90. The molecule has 4 heteroatoms. The van der Waals surface area contributed by atoms with E-state index in [0.717, 1.165) is 24.3 Å². The lowest BCUT2D eigenvalue weighted by Gasteiger charge is -2.27. The lowest BCUT2D eigenvalue weighted by molar-refractivity contribution is 0.101. The molecule has 0 aromatic heterocycles. The normalized spacial score (nSPS) is 11.2. The van der Waals surface area contributed by atoms with Crippen LogP contribution in [0.25, 0.3) is 0 Å². The van der Waals surface area contributed by atoms with Crippen LogP contribution >= 0.6 is 0 Å². The molecule has 1 N–H and O–H groups in total. The van der Waals surface area contributed by atoms with Gasteiger partial charge >= 0.3 is 0 Å². The monoisotopic (exact) mass is 279 g/mol. The zero-order valence-corrected chi connectivity index (χ0v) is 12.8. The molecular weight excluding hydrogens is 254 g/mol. The van der Waals surface area contributed by atoms with Crippen molar-refractivity contribution >= 4 is 5.78 Å². The maximum atomic E-state index is 11.5. The highest BCUT2D eigenvalue weighted by Crippen LogP contribution is 2.23. The largest absolute Gasteiger partial charge is 0.496 e. The van der Waals surface area contributed by atoms with Crippen LogP contribution in [0.1, 0.15) is 43.1 Å². The number of carbonyl (C=O) groups excluding carboxylic acids is 1. The summed E-state index contributed by atoms with van der Waals surface area (Å²) in [5, 5.41) is 8.98. The first-order valence-corrected chi connectivity index (χ1v) is 7.02. The van der Waals surface area contributed by atoms with Gasteiger partial charge in [0.1, 0.15) is 5.75 Å². The smallest absolute Gasteiger partial charge is 0.159 e. The average molecular weight is 279 g/mol. The van der Waals surface area contributed by atoms with Crippen molar-refractivity contribution in [3.63, 3.8) is 0 Å². The molecule has 0 atom stereocenters. The van der Waals surface area contributed by atoms with Gasteiger partial charge in [0.15, 0.2) is 5.78 Å². The lowest BCUT2D eigenvalue weighted by Crippen LogP contribution is -2.32. The molecule has 0 spiro atoms. The molecule has 0 radical (unpaired) electrons. The molecule has 4 nitrogen and oxygen atoms in total. The number of methoxy groups -OCH3 is 1. The minimum absolute atomic E-state index is 0.0559. The lowest BCUT2D eigenvalue weighted by atomic mass is 10.1. The molecule has 0 aliphatic carbocycles. The number of ether oxygens (including phenoxy) is 1. The van der Waals surface area contributed by atoms with Crippen molar-refractivity contribution in [2.24, 2.45) is 0 Å². The minimum Gasteiger partial charge on any atom is -0.496 e. The fraction of sp³-hybridized carbons (Fsp3) is 0.562. The summed E-state index contributed by atoms with van der Waals surface area (Å²) in [5.74, 6) is 0.852. The molecule has 112 valence electrons. The average Bonchev–Trinajstić information content (AvgIpc) is 2.42. The van der Waals surface area contributed by atoms with Crippen LogP contribution in [0.4, 0.5) is 0 Å². The van der Waals surface area contributed by atoms with Gasteiger partial charge in [-0.3, -0.25) is 9.69 Å². The molecule has 0 amide bonds. The van der Waals surface area contributed by atoms with Crippen LogP contribution in [-0.4, -0.2) is 42.1 Å². The zero-order chi connectivity index (χ0) is 15.1. The number of ketones is 1. The van der Waals surface area contributed by atoms with E-state index >= 15 is 0 Å². The Kier molecular flexibility index (Phi) is 6.68. The second kappa shape index (κ2) is 8.02. The summed E-state index contributed by atoms with van der Waals surface area (Å²) in [7, 11) is 1.64. The van der Waals surface area contributed by atoms with Crippen LogP contribution in [-0.2, 0) is 6.54 Å². The van der Waals surface area contributed by atoms with Crippen LogP contribution in [0.5, 0.6) is 5.75 Å². The van der Waals surface area contributed by atoms with Gasteiger partial charge in [-0.15, -0.1) is 0 Å². The standard InChI is InChI=1S/C16H25NO3/c1-12(2)17(8-5-9-18)11-15-10-14(13(3)19)6-7-16(15)20-4/h6-7,10,12,18H,5,8-9,11H2,1-4H3. The van der Waals surface area contributed by atoms with Gasteiger partial charge in [0.05, 0.1) is 7.11 Å². The Balaban J connectivity index is 2.96. The van der Waals surface area contributed by atoms with Gasteiger partial charge in [-0.05, 0) is 45.4 Å². The van der Waals surface area contributed by atoms with Crippen molar-refractivity contribution < 1.29 is 14.6 Å². The predicted molar refractivity (Wildman–Crippen MR) is 80.2 cm³/mol. The summed E-state index contributed by atoms with van der Waals surface area (Å²) in [6.07, 6.45) is 0.743. The summed E-state index contributed by atoms with van der Waals surface area (Å²) >= 11 is 0. The highest BCUT2D eigenvalue weighted by Gasteiger charge is 2.14. The maximum absolute atomic E-state index is 11.5. The molecule has 0 heterocycles. The van der Waals surface area contributed by atoms with Crippen LogP contribution in [0.2, 0.25) is 0 Å². The fourth-order valence-corrected chi connectivity index (χ4v) is 2.13. The van der Waals surface area contributed by atoms with Crippen molar-refractivity contribution in [1.29, 1.82) is 0 Å². The van der Waals surface area contributed by atoms with Crippen molar-refractivity contribution in [1.82, 2.24) is 4.90 Å². The number of nitrogens with zero attached hydrogens (tertiary/aromatic N) is 1. The Morgan fingerprint density at radius 1 is 1.40 bits per heavy atom. The molecule has 0 saturated carbocycles. The highest BCUT2D eigenvalue weighted by molar-refractivity contribution is 5.94. The molecule has 0 bridgehead atoms. The summed E-state index contributed by atoms with van der Waals surface area (Å²) in [6.45, 7) is 7.53. The number of hydrogen-bond acceptors (Lipinski definition) is 4. The van der Waals surface area contributed by atoms with Crippen LogP contribution in [0, 0.1) is 0 Å². The molecule has 0 aliphatic heterocycles. The van der Waals surface area contributed by atoms with E-state index in [1.165, 1.54) is 0 Å². The Labute approximate surface area is 121 Å². The number of Topliss-reactive ketones (excluding diaryl/α,β-unsaturated/α-hetero) is 1. The molecule has 20 heavy (non-hydrogen) atoms. The summed E-state index contributed by atoms with van der Waals surface area (Å²) < 4.78 is 5.38. The Morgan fingerprint density at radius 2 is 2.10 bits per heavy atom. The van der Waals surface area contributed by atoms with E-state index in [9.17, 15) is 4.79 Å². The van der Waals surface area contributed by atoms with Gasteiger partial charge < -0.3 is 9.84 Å². The molecular formula is C16H25NO3. The second-order valence-corrected chi connectivity index (χ2v) is 5.22.